The number of halogens is 1. The van der Waals surface area contributed by atoms with Gasteiger partial charge in [0.25, 0.3) is 0 Å². The Morgan fingerprint density at radius 3 is 2.65 bits per heavy atom. The molecule has 2 heterocycles. The van der Waals surface area contributed by atoms with Gasteiger partial charge >= 0.3 is 0 Å². The zero-order chi connectivity index (χ0) is 14.3. The van der Waals surface area contributed by atoms with Gasteiger partial charge in [-0.05, 0) is 30.3 Å². The zero-order valence-electron chi connectivity index (χ0n) is 11.6. The third-order valence-corrected chi connectivity index (χ3v) is 3.34. The Balaban J connectivity index is 2.16. The maximum Gasteiger partial charge on any atom is 0.178 e. The van der Waals surface area contributed by atoms with Crippen molar-refractivity contribution in [2.24, 2.45) is 7.05 Å². The van der Waals surface area contributed by atoms with Crippen molar-refractivity contribution in [1.82, 2.24) is 14.5 Å². The standard InChI is InChI=1S/C15H15FN4/c1-19(2)12-7-6-10(9-11(12)16)15-18-14-13(20(15)3)5-4-8-17-14/h4-9H,1-3H3. The molecule has 0 unspecified atom stereocenters. The molecule has 0 atom stereocenters. The van der Waals surface area contributed by atoms with Gasteiger partial charge in [0.1, 0.15) is 11.6 Å². The van der Waals surface area contributed by atoms with E-state index in [0.29, 0.717) is 17.2 Å². The van der Waals surface area contributed by atoms with Crippen molar-refractivity contribution < 1.29 is 4.39 Å². The first-order valence-corrected chi connectivity index (χ1v) is 6.32. The van der Waals surface area contributed by atoms with Gasteiger partial charge in [0.05, 0.1) is 11.2 Å². The molecule has 1 aromatic carbocycles. The summed E-state index contributed by atoms with van der Waals surface area (Å²) in [7, 11) is 5.54. The van der Waals surface area contributed by atoms with Crippen LogP contribution in [0.5, 0.6) is 0 Å². The second kappa shape index (κ2) is 4.59. The SMILES string of the molecule is CN(C)c1ccc(-c2nc3ncccc3n2C)cc1F. The van der Waals surface area contributed by atoms with E-state index in [9.17, 15) is 4.39 Å². The highest BCUT2D eigenvalue weighted by Crippen LogP contribution is 2.26. The summed E-state index contributed by atoms with van der Waals surface area (Å²) in [6.07, 6.45) is 1.70. The van der Waals surface area contributed by atoms with Gasteiger partial charge in [-0.2, -0.15) is 0 Å². The molecule has 0 aliphatic heterocycles. The van der Waals surface area contributed by atoms with Gasteiger partial charge in [-0.1, -0.05) is 0 Å². The molecule has 5 heteroatoms. The summed E-state index contributed by atoms with van der Waals surface area (Å²) in [6, 6.07) is 8.96. The lowest BCUT2D eigenvalue weighted by molar-refractivity contribution is 0.626. The van der Waals surface area contributed by atoms with E-state index in [2.05, 4.69) is 9.97 Å². The van der Waals surface area contributed by atoms with Gasteiger partial charge in [-0.25, -0.2) is 14.4 Å². The van der Waals surface area contributed by atoms with E-state index in [-0.39, 0.29) is 5.82 Å². The van der Waals surface area contributed by atoms with Crippen LogP contribution in [0.2, 0.25) is 0 Å². The van der Waals surface area contributed by atoms with Crippen molar-refractivity contribution in [3.8, 4) is 11.4 Å². The molecule has 0 fully saturated rings. The summed E-state index contributed by atoms with van der Waals surface area (Å²) < 4.78 is 16.0. The summed E-state index contributed by atoms with van der Waals surface area (Å²) in [5.74, 6) is 0.454. The molecule has 0 aliphatic rings. The largest absolute Gasteiger partial charge is 0.375 e. The molecule has 102 valence electrons. The molecule has 0 radical (unpaired) electrons. The van der Waals surface area contributed by atoms with Crippen LogP contribution in [0.25, 0.3) is 22.6 Å². The van der Waals surface area contributed by atoms with Crippen LogP contribution in [-0.4, -0.2) is 28.6 Å². The number of hydrogen-bond donors (Lipinski definition) is 0. The van der Waals surface area contributed by atoms with E-state index < -0.39 is 0 Å². The lowest BCUT2D eigenvalue weighted by Crippen LogP contribution is -2.10. The van der Waals surface area contributed by atoms with E-state index in [1.54, 1.807) is 17.2 Å². The average molecular weight is 270 g/mol. The molecule has 0 spiro atoms. The van der Waals surface area contributed by atoms with E-state index in [0.717, 1.165) is 11.1 Å². The average Bonchev–Trinajstić information content (AvgIpc) is 2.76. The maximum atomic E-state index is 14.1. The van der Waals surface area contributed by atoms with Gasteiger partial charge < -0.3 is 9.47 Å². The fourth-order valence-electron chi connectivity index (χ4n) is 2.29. The molecule has 0 saturated carbocycles. The summed E-state index contributed by atoms with van der Waals surface area (Å²) in [5.41, 5.74) is 2.90. The molecular formula is C15H15FN4. The van der Waals surface area contributed by atoms with E-state index in [1.165, 1.54) is 6.07 Å². The minimum absolute atomic E-state index is 0.257. The van der Waals surface area contributed by atoms with Gasteiger partial charge in [0.2, 0.25) is 0 Å². The second-order valence-corrected chi connectivity index (χ2v) is 4.90. The molecule has 2 aromatic heterocycles. The van der Waals surface area contributed by atoms with Crippen LogP contribution in [0.1, 0.15) is 0 Å². The molecule has 0 bridgehead atoms. The second-order valence-electron chi connectivity index (χ2n) is 4.90. The molecule has 4 nitrogen and oxygen atoms in total. The van der Waals surface area contributed by atoms with E-state index in [1.807, 2.05) is 43.9 Å². The predicted molar refractivity (Wildman–Crippen MR) is 78.2 cm³/mol. The normalized spacial score (nSPS) is 11.0. The number of aryl methyl sites for hydroxylation is 1. The first kappa shape index (κ1) is 12.6. The number of aromatic nitrogens is 3. The highest BCUT2D eigenvalue weighted by Gasteiger charge is 2.13. The highest BCUT2D eigenvalue weighted by molar-refractivity contribution is 5.77. The van der Waals surface area contributed by atoms with Gasteiger partial charge in [0, 0.05) is 32.9 Å². The van der Waals surface area contributed by atoms with Crippen molar-refractivity contribution in [3.05, 3.63) is 42.3 Å². The van der Waals surface area contributed by atoms with Crippen molar-refractivity contribution >= 4 is 16.9 Å². The lowest BCUT2D eigenvalue weighted by atomic mass is 10.1. The number of imidazole rings is 1. The van der Waals surface area contributed by atoms with Crippen LogP contribution < -0.4 is 4.90 Å². The number of hydrogen-bond acceptors (Lipinski definition) is 3. The van der Waals surface area contributed by atoms with Gasteiger partial charge in [-0.3, -0.25) is 0 Å². The Morgan fingerprint density at radius 2 is 2.00 bits per heavy atom. The van der Waals surface area contributed by atoms with E-state index in [4.69, 9.17) is 0 Å². The molecular weight excluding hydrogens is 255 g/mol. The first-order chi connectivity index (χ1) is 9.58. The summed E-state index contributed by atoms with van der Waals surface area (Å²) in [5, 5.41) is 0. The van der Waals surface area contributed by atoms with Gasteiger partial charge in [0.15, 0.2) is 5.65 Å². The number of nitrogens with zero attached hydrogens (tertiary/aromatic N) is 4. The summed E-state index contributed by atoms with van der Waals surface area (Å²) in [4.78, 5) is 10.4. The predicted octanol–water partition coefficient (Wildman–Crippen LogP) is 2.84. The minimum atomic E-state index is -0.257. The number of anilines is 1. The Hall–Kier alpha value is -2.43. The van der Waals surface area contributed by atoms with E-state index >= 15 is 0 Å². The van der Waals surface area contributed by atoms with Crippen molar-refractivity contribution in [2.45, 2.75) is 0 Å². The van der Waals surface area contributed by atoms with Crippen molar-refractivity contribution in [3.63, 3.8) is 0 Å². The maximum absolute atomic E-state index is 14.1. The lowest BCUT2D eigenvalue weighted by Gasteiger charge is -2.14. The van der Waals surface area contributed by atoms with Crippen LogP contribution in [0, 0.1) is 5.82 Å². The third kappa shape index (κ3) is 1.91. The molecule has 0 aliphatic carbocycles. The van der Waals surface area contributed by atoms with Crippen LogP contribution in [0.15, 0.2) is 36.5 Å². The Labute approximate surface area is 116 Å². The first-order valence-electron chi connectivity index (χ1n) is 6.32. The molecule has 3 aromatic rings. The number of pyridine rings is 1. The quantitative estimate of drug-likeness (QED) is 0.718. The number of rotatable bonds is 2. The highest BCUT2D eigenvalue weighted by atomic mass is 19.1. The smallest absolute Gasteiger partial charge is 0.178 e. The molecule has 0 saturated heterocycles. The van der Waals surface area contributed by atoms with Crippen LogP contribution in [0.4, 0.5) is 10.1 Å². The van der Waals surface area contributed by atoms with Crippen LogP contribution in [-0.2, 0) is 7.05 Å². The summed E-state index contributed by atoms with van der Waals surface area (Å²) >= 11 is 0. The third-order valence-electron chi connectivity index (χ3n) is 3.34. The Kier molecular flexibility index (Phi) is 2.89. The number of fused-ring (bicyclic) bond motifs is 1. The van der Waals surface area contributed by atoms with Crippen molar-refractivity contribution in [2.75, 3.05) is 19.0 Å². The van der Waals surface area contributed by atoms with Crippen LogP contribution in [0.3, 0.4) is 0 Å². The number of benzene rings is 1. The fraction of sp³-hybridized carbons (Fsp3) is 0.200. The van der Waals surface area contributed by atoms with Crippen LogP contribution >= 0.6 is 0 Å². The molecule has 3 rings (SSSR count). The molecule has 0 amide bonds. The zero-order valence-corrected chi connectivity index (χ0v) is 11.6. The fourth-order valence-corrected chi connectivity index (χ4v) is 2.29. The Morgan fingerprint density at radius 1 is 1.20 bits per heavy atom. The monoisotopic (exact) mass is 270 g/mol. The molecule has 0 N–H and O–H groups in total. The topological polar surface area (TPSA) is 34.0 Å². The summed E-state index contributed by atoms with van der Waals surface area (Å²) in [6.45, 7) is 0. The van der Waals surface area contributed by atoms with Gasteiger partial charge in [-0.15, -0.1) is 0 Å². The van der Waals surface area contributed by atoms with Crippen molar-refractivity contribution in [1.29, 1.82) is 0 Å². The minimum Gasteiger partial charge on any atom is -0.375 e. The Bertz CT molecular complexity index is 777. The molecule has 20 heavy (non-hydrogen) atoms.